The quantitative estimate of drug-likeness (QED) is 0.810. The summed E-state index contributed by atoms with van der Waals surface area (Å²) in [7, 11) is 0. The molecule has 1 aromatic rings. The average molecular weight is 304 g/mol. The number of rotatable bonds is 1. The molecule has 0 bridgehead atoms. The van der Waals surface area contributed by atoms with Gasteiger partial charge in [0.15, 0.2) is 0 Å². The van der Waals surface area contributed by atoms with Crippen LogP contribution in [-0.4, -0.2) is 22.7 Å². The van der Waals surface area contributed by atoms with E-state index < -0.39 is 17.4 Å². The number of hydrogen-bond acceptors (Lipinski definition) is 4. The maximum absolute atomic E-state index is 12.8. The van der Waals surface area contributed by atoms with E-state index in [0.29, 0.717) is 12.8 Å². The Labute approximate surface area is 126 Å². The lowest BCUT2D eigenvalue weighted by Crippen LogP contribution is -2.66. The molecule has 1 saturated carbocycles. The Morgan fingerprint density at radius 3 is 2.76 bits per heavy atom. The van der Waals surface area contributed by atoms with E-state index in [1.165, 1.54) is 9.78 Å². The van der Waals surface area contributed by atoms with Gasteiger partial charge in [-0.1, -0.05) is 6.42 Å². The van der Waals surface area contributed by atoms with Gasteiger partial charge in [-0.3, -0.25) is 19.8 Å². The molecule has 2 heterocycles. The molecule has 0 aromatic carbocycles. The number of hydrogen-bond donors (Lipinski definition) is 1. The van der Waals surface area contributed by atoms with Crippen molar-refractivity contribution in [2.75, 3.05) is 0 Å². The Balaban J connectivity index is 1.73. The topological polar surface area (TPSA) is 66.5 Å². The van der Waals surface area contributed by atoms with Crippen LogP contribution >= 0.6 is 11.3 Å². The molecule has 110 valence electrons. The fourth-order valence-corrected chi connectivity index (χ4v) is 4.66. The molecule has 2 aliphatic carbocycles. The first-order chi connectivity index (χ1) is 10.1. The van der Waals surface area contributed by atoms with Gasteiger partial charge in [0.25, 0.3) is 0 Å². The van der Waals surface area contributed by atoms with Crippen LogP contribution in [0.4, 0.5) is 4.79 Å². The second-order valence-electron chi connectivity index (χ2n) is 6.08. The summed E-state index contributed by atoms with van der Waals surface area (Å²) in [6, 6.07) is 1.25. The second-order valence-corrected chi connectivity index (χ2v) is 7.08. The minimum Gasteiger partial charge on any atom is -0.277 e. The lowest BCUT2D eigenvalue weighted by molar-refractivity contribution is -0.159. The number of imide groups is 2. The highest BCUT2D eigenvalue weighted by atomic mass is 32.1. The molecule has 6 heteroatoms. The first-order valence-corrected chi connectivity index (χ1v) is 8.27. The Morgan fingerprint density at radius 2 is 2.05 bits per heavy atom. The molecule has 0 radical (unpaired) electrons. The maximum atomic E-state index is 12.8. The number of nitrogens with one attached hydrogen (secondary N) is 1. The molecule has 2 fully saturated rings. The zero-order valence-corrected chi connectivity index (χ0v) is 12.4. The van der Waals surface area contributed by atoms with Crippen molar-refractivity contribution < 1.29 is 14.4 Å². The molecule has 1 atom stereocenters. The van der Waals surface area contributed by atoms with E-state index in [4.69, 9.17) is 0 Å². The van der Waals surface area contributed by atoms with Gasteiger partial charge in [-0.2, -0.15) is 0 Å². The summed E-state index contributed by atoms with van der Waals surface area (Å²) in [5.41, 5.74) is 0.111. The molecule has 5 nitrogen and oxygen atoms in total. The highest BCUT2D eigenvalue weighted by molar-refractivity contribution is 7.10. The van der Waals surface area contributed by atoms with E-state index in [1.807, 2.05) is 11.4 Å². The number of thiophene rings is 1. The van der Waals surface area contributed by atoms with Gasteiger partial charge in [-0.15, -0.1) is 11.3 Å². The van der Waals surface area contributed by atoms with Crippen LogP contribution in [0.15, 0.2) is 11.4 Å². The van der Waals surface area contributed by atoms with Crippen molar-refractivity contribution in [3.63, 3.8) is 0 Å². The zero-order valence-electron chi connectivity index (χ0n) is 11.6. The van der Waals surface area contributed by atoms with Gasteiger partial charge >= 0.3 is 6.03 Å². The molecule has 1 saturated heterocycles. The summed E-state index contributed by atoms with van der Waals surface area (Å²) in [5.74, 6) is -0.687. The van der Waals surface area contributed by atoms with Gasteiger partial charge in [0.2, 0.25) is 11.8 Å². The summed E-state index contributed by atoms with van der Waals surface area (Å²) < 4.78 is 0. The summed E-state index contributed by atoms with van der Waals surface area (Å²) >= 11 is 1.68. The van der Waals surface area contributed by atoms with Gasteiger partial charge in [-0.05, 0) is 49.1 Å². The lowest BCUT2D eigenvalue weighted by atomic mass is 9.66. The van der Waals surface area contributed by atoms with Crippen LogP contribution in [-0.2, 0) is 16.0 Å². The smallest absolute Gasteiger partial charge is 0.277 e. The van der Waals surface area contributed by atoms with E-state index in [9.17, 15) is 14.4 Å². The number of urea groups is 1. The van der Waals surface area contributed by atoms with Gasteiger partial charge in [-0.25, -0.2) is 4.79 Å². The number of fused-ring (bicyclic) bond motifs is 1. The third-order valence-corrected chi connectivity index (χ3v) is 6.04. The molecule has 21 heavy (non-hydrogen) atoms. The van der Waals surface area contributed by atoms with Gasteiger partial charge in [0.05, 0.1) is 6.04 Å². The standard InChI is InChI=1S/C15H16N2O3S/c18-12-15(6-2-7-15)13(19)17(14(20)16-12)10-3-1-4-11-9(10)5-8-21-11/h5,8,10H,1-4,6-7H2,(H,16,18,20). The average Bonchev–Trinajstić information content (AvgIpc) is 2.85. The molecule has 1 aliphatic heterocycles. The number of aryl methyl sites for hydroxylation is 1. The first-order valence-electron chi connectivity index (χ1n) is 7.39. The molecule has 1 spiro atoms. The van der Waals surface area contributed by atoms with Crippen LogP contribution in [0.2, 0.25) is 0 Å². The zero-order chi connectivity index (χ0) is 14.6. The summed E-state index contributed by atoms with van der Waals surface area (Å²) in [6.07, 6.45) is 4.76. The van der Waals surface area contributed by atoms with Crippen molar-refractivity contribution in [3.05, 3.63) is 21.9 Å². The van der Waals surface area contributed by atoms with Crippen molar-refractivity contribution in [1.29, 1.82) is 0 Å². The Kier molecular flexibility index (Phi) is 2.73. The predicted octanol–water partition coefficient (Wildman–Crippen LogP) is 2.37. The van der Waals surface area contributed by atoms with E-state index in [2.05, 4.69) is 5.32 Å². The highest BCUT2D eigenvalue weighted by Crippen LogP contribution is 2.47. The van der Waals surface area contributed by atoms with E-state index >= 15 is 0 Å². The SMILES string of the molecule is O=C1NC(=O)C2(CCC2)C(=O)N1C1CCCc2sccc21. The third-order valence-electron chi connectivity index (χ3n) is 5.04. The maximum Gasteiger partial charge on any atom is 0.331 e. The molecular weight excluding hydrogens is 288 g/mol. The number of amides is 4. The summed E-state index contributed by atoms with van der Waals surface area (Å²) in [4.78, 5) is 39.7. The second kappa shape index (κ2) is 4.40. The highest BCUT2D eigenvalue weighted by Gasteiger charge is 2.58. The molecule has 4 amide bonds. The van der Waals surface area contributed by atoms with E-state index in [1.54, 1.807) is 11.3 Å². The van der Waals surface area contributed by atoms with Crippen LogP contribution in [0.25, 0.3) is 0 Å². The molecule has 3 aliphatic rings. The third kappa shape index (κ3) is 1.65. The minimum absolute atomic E-state index is 0.210. The molecular formula is C15H16N2O3S. The number of carbonyl (C=O) groups excluding carboxylic acids is 3. The Morgan fingerprint density at radius 1 is 1.24 bits per heavy atom. The summed E-state index contributed by atoms with van der Waals surface area (Å²) in [5, 5.41) is 4.42. The molecule has 1 N–H and O–H groups in total. The van der Waals surface area contributed by atoms with Crippen LogP contribution in [0.3, 0.4) is 0 Å². The fraction of sp³-hybridized carbons (Fsp3) is 0.533. The largest absolute Gasteiger partial charge is 0.331 e. The van der Waals surface area contributed by atoms with Crippen molar-refractivity contribution in [2.24, 2.45) is 5.41 Å². The number of nitrogens with zero attached hydrogens (tertiary/aromatic N) is 1. The van der Waals surface area contributed by atoms with Crippen LogP contribution in [0.5, 0.6) is 0 Å². The normalized spacial score (nSPS) is 27.3. The molecule has 4 rings (SSSR count). The first kappa shape index (κ1) is 13.0. The number of barbiturate groups is 1. The van der Waals surface area contributed by atoms with Crippen molar-refractivity contribution in [1.82, 2.24) is 10.2 Å². The van der Waals surface area contributed by atoms with Gasteiger partial charge in [0, 0.05) is 4.88 Å². The van der Waals surface area contributed by atoms with Crippen molar-refractivity contribution in [2.45, 2.75) is 44.6 Å². The minimum atomic E-state index is -0.971. The van der Waals surface area contributed by atoms with Gasteiger partial charge < -0.3 is 0 Å². The van der Waals surface area contributed by atoms with Crippen LogP contribution < -0.4 is 5.32 Å². The van der Waals surface area contributed by atoms with Crippen molar-refractivity contribution >= 4 is 29.2 Å². The van der Waals surface area contributed by atoms with E-state index in [0.717, 1.165) is 31.2 Å². The van der Waals surface area contributed by atoms with Crippen LogP contribution in [0, 0.1) is 5.41 Å². The lowest BCUT2D eigenvalue weighted by Gasteiger charge is -2.47. The monoisotopic (exact) mass is 304 g/mol. The van der Waals surface area contributed by atoms with Crippen molar-refractivity contribution in [3.8, 4) is 0 Å². The van der Waals surface area contributed by atoms with E-state index in [-0.39, 0.29) is 11.9 Å². The molecule has 1 unspecified atom stereocenters. The van der Waals surface area contributed by atoms with Crippen LogP contribution in [0.1, 0.15) is 48.6 Å². The number of carbonyl (C=O) groups is 3. The van der Waals surface area contributed by atoms with Gasteiger partial charge in [0.1, 0.15) is 5.41 Å². The Bertz CT molecular complexity index is 647. The predicted molar refractivity (Wildman–Crippen MR) is 76.7 cm³/mol. The molecule has 1 aromatic heterocycles. The Hall–Kier alpha value is -1.69. The summed E-state index contributed by atoms with van der Waals surface area (Å²) in [6.45, 7) is 0. The fourth-order valence-electron chi connectivity index (χ4n) is 3.68.